The lowest BCUT2D eigenvalue weighted by atomic mass is 9.71. The van der Waals surface area contributed by atoms with E-state index in [2.05, 4.69) is 12.3 Å². The molecule has 3 rings (SSSR count). The fraction of sp³-hybridized carbons (Fsp3) is 1.00. The first-order chi connectivity index (χ1) is 8.81. The Morgan fingerprint density at radius 3 is 2.72 bits per heavy atom. The number of ether oxygens (including phenoxy) is 1. The van der Waals surface area contributed by atoms with Crippen LogP contribution in [-0.2, 0) is 4.74 Å². The van der Waals surface area contributed by atoms with Crippen LogP contribution in [0.2, 0.25) is 0 Å². The van der Waals surface area contributed by atoms with Gasteiger partial charge in [0.25, 0.3) is 0 Å². The van der Waals surface area contributed by atoms with Crippen LogP contribution in [0.4, 0.5) is 0 Å². The predicted octanol–water partition coefficient (Wildman–Crippen LogP) is 2.60. The van der Waals surface area contributed by atoms with E-state index >= 15 is 0 Å². The second kappa shape index (κ2) is 5.48. The quantitative estimate of drug-likeness (QED) is 0.597. The Morgan fingerprint density at radius 1 is 1.22 bits per heavy atom. The summed E-state index contributed by atoms with van der Waals surface area (Å²) in [4.78, 5) is 0. The van der Waals surface area contributed by atoms with E-state index in [4.69, 9.17) is 10.6 Å². The van der Waals surface area contributed by atoms with Gasteiger partial charge < -0.3 is 4.74 Å². The van der Waals surface area contributed by atoms with E-state index in [0.29, 0.717) is 24.2 Å². The zero-order chi connectivity index (χ0) is 12.5. The van der Waals surface area contributed by atoms with Crippen LogP contribution < -0.4 is 11.3 Å². The minimum absolute atomic E-state index is 0.495. The van der Waals surface area contributed by atoms with Crippen LogP contribution in [0.3, 0.4) is 0 Å². The van der Waals surface area contributed by atoms with Crippen LogP contribution in [0, 0.1) is 17.8 Å². The molecule has 0 aromatic rings. The maximum Gasteiger partial charge on any atom is 0.0624 e. The Bertz CT molecular complexity index is 284. The first-order valence-corrected chi connectivity index (χ1v) is 7.93. The zero-order valence-electron chi connectivity index (χ0n) is 11.6. The van der Waals surface area contributed by atoms with Gasteiger partial charge in [-0.2, -0.15) is 0 Å². The van der Waals surface area contributed by atoms with Crippen molar-refractivity contribution in [3.63, 3.8) is 0 Å². The lowest BCUT2D eigenvalue weighted by Gasteiger charge is -2.38. The molecule has 0 amide bonds. The van der Waals surface area contributed by atoms with Gasteiger partial charge in [-0.05, 0) is 43.9 Å². The summed E-state index contributed by atoms with van der Waals surface area (Å²) in [6.45, 7) is 2.33. The smallest absolute Gasteiger partial charge is 0.0624 e. The van der Waals surface area contributed by atoms with Crippen molar-refractivity contribution in [3.05, 3.63) is 0 Å². The maximum absolute atomic E-state index is 6.02. The van der Waals surface area contributed by atoms with Crippen molar-refractivity contribution in [2.45, 2.75) is 76.5 Å². The lowest BCUT2D eigenvalue weighted by molar-refractivity contribution is 0.0720. The summed E-state index contributed by atoms with van der Waals surface area (Å²) < 4.78 is 6.02. The molecular weight excluding hydrogens is 224 g/mol. The summed E-state index contributed by atoms with van der Waals surface area (Å²) in [7, 11) is 0. The summed E-state index contributed by atoms with van der Waals surface area (Å²) >= 11 is 0. The van der Waals surface area contributed by atoms with Gasteiger partial charge in [0.05, 0.1) is 12.2 Å². The van der Waals surface area contributed by atoms with Crippen LogP contribution in [0.25, 0.3) is 0 Å². The molecule has 3 aliphatic rings. The topological polar surface area (TPSA) is 47.3 Å². The summed E-state index contributed by atoms with van der Waals surface area (Å²) in [6, 6.07) is 0.495. The predicted molar refractivity (Wildman–Crippen MR) is 72.9 cm³/mol. The maximum atomic E-state index is 6.02. The van der Waals surface area contributed by atoms with Crippen molar-refractivity contribution >= 4 is 0 Å². The van der Waals surface area contributed by atoms with Crippen LogP contribution in [0.1, 0.15) is 58.3 Å². The molecule has 2 aliphatic heterocycles. The highest BCUT2D eigenvalue weighted by molar-refractivity contribution is 4.97. The molecule has 3 N–H and O–H groups in total. The highest BCUT2D eigenvalue weighted by Crippen LogP contribution is 2.44. The largest absolute Gasteiger partial charge is 0.375 e. The molecule has 2 heterocycles. The van der Waals surface area contributed by atoms with Crippen LogP contribution in [0.5, 0.6) is 0 Å². The van der Waals surface area contributed by atoms with Gasteiger partial charge in [-0.1, -0.05) is 26.2 Å². The average molecular weight is 252 g/mol. The number of fused-ring (bicyclic) bond motifs is 2. The first-order valence-electron chi connectivity index (χ1n) is 7.93. The molecule has 1 saturated carbocycles. The molecule has 6 atom stereocenters. The van der Waals surface area contributed by atoms with E-state index < -0.39 is 0 Å². The zero-order valence-corrected chi connectivity index (χ0v) is 11.6. The number of rotatable bonds is 4. The summed E-state index contributed by atoms with van der Waals surface area (Å²) in [5.74, 6) is 8.28. The molecule has 3 fully saturated rings. The second-order valence-corrected chi connectivity index (χ2v) is 6.67. The monoisotopic (exact) mass is 252 g/mol. The molecule has 0 spiro atoms. The third kappa shape index (κ3) is 2.33. The minimum atomic E-state index is 0.495. The molecule has 104 valence electrons. The van der Waals surface area contributed by atoms with Gasteiger partial charge in [0.15, 0.2) is 0 Å². The van der Waals surface area contributed by atoms with Crippen molar-refractivity contribution < 1.29 is 4.74 Å². The van der Waals surface area contributed by atoms with Crippen molar-refractivity contribution in [1.29, 1.82) is 0 Å². The minimum Gasteiger partial charge on any atom is -0.375 e. The number of nitrogens with one attached hydrogen (secondary N) is 1. The van der Waals surface area contributed by atoms with E-state index in [-0.39, 0.29) is 0 Å². The van der Waals surface area contributed by atoms with Crippen molar-refractivity contribution in [2.75, 3.05) is 0 Å². The van der Waals surface area contributed by atoms with E-state index in [9.17, 15) is 0 Å². The van der Waals surface area contributed by atoms with Gasteiger partial charge >= 0.3 is 0 Å². The Labute approximate surface area is 111 Å². The van der Waals surface area contributed by atoms with Crippen LogP contribution in [-0.4, -0.2) is 18.2 Å². The van der Waals surface area contributed by atoms with Gasteiger partial charge in [-0.3, -0.25) is 11.3 Å². The lowest BCUT2D eigenvalue weighted by Crippen LogP contribution is -2.50. The summed E-state index contributed by atoms with van der Waals surface area (Å²) in [5, 5.41) is 0. The van der Waals surface area contributed by atoms with Gasteiger partial charge in [-0.15, -0.1) is 0 Å². The van der Waals surface area contributed by atoms with Crippen LogP contribution >= 0.6 is 0 Å². The first kappa shape index (κ1) is 12.9. The van der Waals surface area contributed by atoms with Gasteiger partial charge in [-0.25, -0.2) is 0 Å². The fourth-order valence-corrected chi connectivity index (χ4v) is 4.69. The molecular formula is C15H28N2O. The Hall–Kier alpha value is -0.120. The molecule has 1 aliphatic carbocycles. The number of hydrogen-bond acceptors (Lipinski definition) is 3. The Morgan fingerprint density at radius 2 is 2.11 bits per heavy atom. The second-order valence-electron chi connectivity index (χ2n) is 6.67. The Balaban J connectivity index is 1.64. The fourth-order valence-electron chi connectivity index (χ4n) is 4.69. The van der Waals surface area contributed by atoms with E-state index in [1.54, 1.807) is 0 Å². The average Bonchev–Trinajstić information content (AvgIpc) is 3.02. The van der Waals surface area contributed by atoms with Crippen molar-refractivity contribution in [1.82, 2.24) is 5.43 Å². The molecule has 3 heteroatoms. The standard InChI is InChI=1S/C15H28N2O/c1-2-10-4-3-5-11(8-10)15(17-16)13-9-12-6-7-14(13)18-12/h10-15,17H,2-9,16H2,1H3. The number of nitrogens with two attached hydrogens (primary N) is 1. The molecule has 0 aromatic carbocycles. The normalized spacial score (nSPS) is 45.3. The molecule has 18 heavy (non-hydrogen) atoms. The van der Waals surface area contributed by atoms with E-state index in [1.807, 2.05) is 0 Å². The number of hydrazine groups is 1. The van der Waals surface area contributed by atoms with Crippen LogP contribution in [0.15, 0.2) is 0 Å². The van der Waals surface area contributed by atoms with Crippen molar-refractivity contribution in [2.24, 2.45) is 23.6 Å². The van der Waals surface area contributed by atoms with Crippen molar-refractivity contribution in [3.8, 4) is 0 Å². The third-order valence-corrected chi connectivity index (χ3v) is 5.72. The Kier molecular flexibility index (Phi) is 3.92. The van der Waals surface area contributed by atoms with Gasteiger partial charge in [0.2, 0.25) is 0 Å². The van der Waals surface area contributed by atoms with E-state index in [1.165, 1.54) is 51.4 Å². The molecule has 6 unspecified atom stereocenters. The molecule has 0 radical (unpaired) electrons. The summed E-state index contributed by atoms with van der Waals surface area (Å²) in [5.41, 5.74) is 3.16. The van der Waals surface area contributed by atoms with Gasteiger partial charge in [0, 0.05) is 12.0 Å². The highest BCUT2D eigenvalue weighted by Gasteiger charge is 2.46. The van der Waals surface area contributed by atoms with E-state index in [0.717, 1.165) is 11.8 Å². The molecule has 3 nitrogen and oxygen atoms in total. The summed E-state index contributed by atoms with van der Waals surface area (Å²) in [6.07, 6.45) is 11.7. The molecule has 2 bridgehead atoms. The molecule has 0 aromatic heterocycles. The highest BCUT2D eigenvalue weighted by atomic mass is 16.5. The molecule has 2 saturated heterocycles. The SMILES string of the molecule is CCC1CCCC(C(NN)C2CC3CCC2O3)C1. The van der Waals surface area contributed by atoms with Gasteiger partial charge in [0.1, 0.15) is 0 Å². The third-order valence-electron chi connectivity index (χ3n) is 5.72. The number of hydrogen-bond donors (Lipinski definition) is 2.